The highest BCUT2D eigenvalue weighted by Gasteiger charge is 2.15. The fourth-order valence-corrected chi connectivity index (χ4v) is 1.69. The van der Waals surface area contributed by atoms with Crippen LogP contribution in [-0.4, -0.2) is 35.9 Å². The van der Waals surface area contributed by atoms with Gasteiger partial charge in [0.15, 0.2) is 0 Å². The van der Waals surface area contributed by atoms with Gasteiger partial charge < -0.3 is 9.47 Å². The molecule has 0 bridgehead atoms. The molecule has 0 aliphatic heterocycles. The number of Topliss-reactive ketones (excluding diaryl/α,β-unsaturated/α-hetero) is 1. The van der Waals surface area contributed by atoms with Crippen LogP contribution in [0.25, 0.3) is 6.08 Å². The molecule has 128 valence electrons. The van der Waals surface area contributed by atoms with E-state index >= 15 is 0 Å². The SMILES string of the molecule is CCOC(=O)/C(=C/c1ccc([N+](=O)[O-])cc1)COC(=O)CC(C)=O. The zero-order valence-electron chi connectivity index (χ0n) is 13.3. The van der Waals surface area contributed by atoms with Crippen molar-refractivity contribution in [1.29, 1.82) is 0 Å². The summed E-state index contributed by atoms with van der Waals surface area (Å²) in [4.78, 5) is 44.3. The average Bonchev–Trinajstić information content (AvgIpc) is 2.51. The van der Waals surface area contributed by atoms with E-state index in [1.54, 1.807) is 6.92 Å². The van der Waals surface area contributed by atoms with Crippen molar-refractivity contribution in [3.05, 3.63) is 45.5 Å². The second-order valence-corrected chi connectivity index (χ2v) is 4.78. The molecule has 1 aromatic carbocycles. The highest BCUT2D eigenvalue weighted by Crippen LogP contribution is 2.15. The molecule has 1 rings (SSSR count). The number of carbonyl (C=O) groups excluding carboxylic acids is 3. The van der Waals surface area contributed by atoms with E-state index in [1.807, 2.05) is 0 Å². The molecule has 0 fully saturated rings. The molecular formula is C16H17NO7. The Bertz CT molecular complexity index is 662. The third kappa shape index (κ3) is 6.39. The summed E-state index contributed by atoms with van der Waals surface area (Å²) < 4.78 is 9.76. The summed E-state index contributed by atoms with van der Waals surface area (Å²) in [5.41, 5.74) is 0.478. The minimum absolute atomic E-state index is 0.0580. The summed E-state index contributed by atoms with van der Waals surface area (Å²) in [5, 5.41) is 10.6. The van der Waals surface area contributed by atoms with Crippen molar-refractivity contribution in [1.82, 2.24) is 0 Å². The monoisotopic (exact) mass is 335 g/mol. The molecule has 1 aromatic rings. The van der Waals surface area contributed by atoms with E-state index < -0.39 is 16.9 Å². The van der Waals surface area contributed by atoms with E-state index in [9.17, 15) is 24.5 Å². The molecule has 0 aliphatic rings. The summed E-state index contributed by atoms with van der Waals surface area (Å²) in [7, 11) is 0. The first kappa shape index (κ1) is 19.0. The summed E-state index contributed by atoms with van der Waals surface area (Å²) in [6.07, 6.45) is 1.02. The van der Waals surface area contributed by atoms with Gasteiger partial charge in [-0.3, -0.25) is 19.7 Å². The lowest BCUT2D eigenvalue weighted by atomic mass is 10.1. The van der Waals surface area contributed by atoms with Crippen LogP contribution in [0.3, 0.4) is 0 Å². The Hall–Kier alpha value is -3.03. The lowest BCUT2D eigenvalue weighted by Gasteiger charge is -2.08. The zero-order valence-corrected chi connectivity index (χ0v) is 13.3. The van der Waals surface area contributed by atoms with Crippen molar-refractivity contribution >= 4 is 29.5 Å². The maximum absolute atomic E-state index is 11.9. The lowest BCUT2D eigenvalue weighted by molar-refractivity contribution is -0.384. The number of hydrogen-bond donors (Lipinski definition) is 0. The van der Waals surface area contributed by atoms with Gasteiger partial charge in [0, 0.05) is 12.1 Å². The highest BCUT2D eigenvalue weighted by molar-refractivity contribution is 5.96. The Morgan fingerprint density at radius 1 is 1.17 bits per heavy atom. The van der Waals surface area contributed by atoms with Crippen molar-refractivity contribution in [3.8, 4) is 0 Å². The van der Waals surface area contributed by atoms with Crippen molar-refractivity contribution < 1.29 is 28.8 Å². The van der Waals surface area contributed by atoms with Gasteiger partial charge in [-0.05, 0) is 37.6 Å². The van der Waals surface area contributed by atoms with E-state index in [1.165, 1.54) is 37.3 Å². The van der Waals surface area contributed by atoms with Crippen molar-refractivity contribution in [3.63, 3.8) is 0 Å². The van der Waals surface area contributed by atoms with Crippen LogP contribution < -0.4 is 0 Å². The number of esters is 2. The third-order valence-electron chi connectivity index (χ3n) is 2.76. The first-order chi connectivity index (χ1) is 11.3. The van der Waals surface area contributed by atoms with Gasteiger partial charge in [-0.25, -0.2) is 4.79 Å². The van der Waals surface area contributed by atoms with E-state index in [4.69, 9.17) is 9.47 Å². The number of ether oxygens (including phenoxy) is 2. The largest absolute Gasteiger partial charge is 0.463 e. The number of rotatable bonds is 8. The van der Waals surface area contributed by atoms with Crippen LogP contribution in [0.1, 0.15) is 25.8 Å². The van der Waals surface area contributed by atoms with Gasteiger partial charge in [-0.2, -0.15) is 0 Å². The number of nitro benzene ring substituents is 1. The second kappa shape index (κ2) is 9.19. The highest BCUT2D eigenvalue weighted by atomic mass is 16.6. The number of carbonyl (C=O) groups is 3. The smallest absolute Gasteiger partial charge is 0.337 e. The maximum Gasteiger partial charge on any atom is 0.337 e. The van der Waals surface area contributed by atoms with Gasteiger partial charge in [-0.15, -0.1) is 0 Å². The Kier molecular flexibility index (Phi) is 7.28. The predicted octanol–water partition coefficient (Wildman–Crippen LogP) is 2.06. The molecule has 0 saturated heterocycles. The lowest BCUT2D eigenvalue weighted by Crippen LogP contribution is -2.16. The van der Waals surface area contributed by atoms with E-state index in [-0.39, 0.29) is 36.7 Å². The van der Waals surface area contributed by atoms with E-state index in [0.717, 1.165) is 0 Å². The number of ketones is 1. The van der Waals surface area contributed by atoms with Gasteiger partial charge in [0.25, 0.3) is 5.69 Å². The fraction of sp³-hybridized carbons (Fsp3) is 0.312. The predicted molar refractivity (Wildman–Crippen MR) is 84.0 cm³/mol. The van der Waals surface area contributed by atoms with Crippen molar-refractivity contribution in [2.24, 2.45) is 0 Å². The molecule has 0 spiro atoms. The molecule has 0 saturated carbocycles. The quantitative estimate of drug-likeness (QED) is 0.235. The summed E-state index contributed by atoms with van der Waals surface area (Å²) >= 11 is 0. The number of hydrogen-bond acceptors (Lipinski definition) is 7. The van der Waals surface area contributed by atoms with Gasteiger partial charge in [0.05, 0.1) is 17.1 Å². The number of non-ortho nitro benzene ring substituents is 1. The van der Waals surface area contributed by atoms with Crippen LogP contribution in [0.15, 0.2) is 29.8 Å². The molecule has 24 heavy (non-hydrogen) atoms. The number of nitro groups is 1. The van der Waals surface area contributed by atoms with Gasteiger partial charge >= 0.3 is 11.9 Å². The van der Waals surface area contributed by atoms with Crippen molar-refractivity contribution in [2.45, 2.75) is 20.3 Å². The topological polar surface area (TPSA) is 113 Å². The molecular weight excluding hydrogens is 318 g/mol. The standard InChI is InChI=1S/C16H17NO7/c1-3-23-16(20)13(10-24-15(19)8-11(2)18)9-12-4-6-14(7-5-12)17(21)22/h4-7,9H,3,8,10H2,1-2H3/b13-9+. The van der Waals surface area contributed by atoms with Crippen LogP contribution in [0.2, 0.25) is 0 Å². The number of benzene rings is 1. The fourth-order valence-electron chi connectivity index (χ4n) is 1.69. The summed E-state index contributed by atoms with van der Waals surface area (Å²) in [6, 6.07) is 5.48. The molecule has 8 nitrogen and oxygen atoms in total. The second-order valence-electron chi connectivity index (χ2n) is 4.78. The Morgan fingerprint density at radius 3 is 2.29 bits per heavy atom. The maximum atomic E-state index is 11.9. The molecule has 0 atom stereocenters. The molecule has 0 unspecified atom stereocenters. The average molecular weight is 335 g/mol. The Labute approximate surface area is 138 Å². The first-order valence-electron chi connectivity index (χ1n) is 7.10. The Morgan fingerprint density at radius 2 is 1.79 bits per heavy atom. The number of nitrogens with zero attached hydrogens (tertiary/aromatic N) is 1. The first-order valence-corrected chi connectivity index (χ1v) is 7.10. The zero-order chi connectivity index (χ0) is 18.1. The van der Waals surface area contributed by atoms with E-state index in [0.29, 0.717) is 5.56 Å². The molecule has 0 heterocycles. The summed E-state index contributed by atoms with van der Waals surface area (Å²) in [6.45, 7) is 2.66. The molecule has 0 N–H and O–H groups in total. The van der Waals surface area contributed by atoms with Crippen LogP contribution >= 0.6 is 0 Å². The van der Waals surface area contributed by atoms with Crippen LogP contribution in [-0.2, 0) is 23.9 Å². The van der Waals surface area contributed by atoms with Crippen LogP contribution in [0.4, 0.5) is 5.69 Å². The normalized spacial score (nSPS) is 10.8. The minimum Gasteiger partial charge on any atom is -0.463 e. The molecule has 8 heteroatoms. The molecule has 0 aromatic heterocycles. The van der Waals surface area contributed by atoms with Gasteiger partial charge in [0.2, 0.25) is 0 Å². The van der Waals surface area contributed by atoms with Gasteiger partial charge in [-0.1, -0.05) is 0 Å². The van der Waals surface area contributed by atoms with E-state index in [2.05, 4.69) is 0 Å². The molecule has 0 amide bonds. The van der Waals surface area contributed by atoms with Crippen LogP contribution in [0.5, 0.6) is 0 Å². The molecule has 0 radical (unpaired) electrons. The van der Waals surface area contributed by atoms with Crippen molar-refractivity contribution in [2.75, 3.05) is 13.2 Å². The minimum atomic E-state index is -0.749. The summed E-state index contributed by atoms with van der Waals surface area (Å²) in [5.74, 6) is -1.77. The third-order valence-corrected chi connectivity index (χ3v) is 2.76. The molecule has 0 aliphatic carbocycles. The van der Waals surface area contributed by atoms with Gasteiger partial charge in [0.1, 0.15) is 18.8 Å². The Balaban J connectivity index is 2.91. The van der Waals surface area contributed by atoms with Crippen LogP contribution in [0, 0.1) is 10.1 Å².